The predicted octanol–water partition coefficient (Wildman–Crippen LogP) is 2.67. The highest BCUT2D eigenvalue weighted by Crippen LogP contribution is 2.29. The van der Waals surface area contributed by atoms with Crippen LogP contribution in [0.1, 0.15) is 24.8 Å². The number of aromatic nitrogens is 3. The van der Waals surface area contributed by atoms with Crippen LogP contribution in [0.4, 0.5) is 24.8 Å². The quantitative estimate of drug-likeness (QED) is 0.900. The van der Waals surface area contributed by atoms with Crippen LogP contribution < -0.4 is 15.8 Å². The topological polar surface area (TPSA) is 63.1 Å². The highest BCUT2D eigenvalue weighted by atomic mass is 19.4. The molecule has 1 atom stereocenters. The van der Waals surface area contributed by atoms with Crippen LogP contribution in [0.15, 0.2) is 35.3 Å². The Morgan fingerprint density at radius 2 is 2.04 bits per heavy atom. The molecule has 9 heteroatoms. The summed E-state index contributed by atoms with van der Waals surface area (Å²) in [4.78, 5) is 17.5. The van der Waals surface area contributed by atoms with Gasteiger partial charge in [-0.2, -0.15) is 18.3 Å². The number of halogens is 3. The summed E-state index contributed by atoms with van der Waals surface area (Å²) in [7, 11) is 1.61. The van der Waals surface area contributed by atoms with Crippen LogP contribution >= 0.6 is 0 Å². The van der Waals surface area contributed by atoms with E-state index < -0.39 is 11.7 Å². The Morgan fingerprint density at radius 3 is 2.69 bits per heavy atom. The summed E-state index contributed by atoms with van der Waals surface area (Å²) < 4.78 is 39.1. The van der Waals surface area contributed by atoms with Crippen LogP contribution in [-0.4, -0.2) is 33.9 Å². The summed E-state index contributed by atoms with van der Waals surface area (Å²) in [6.45, 7) is 1.35. The largest absolute Gasteiger partial charge is 0.417 e. The zero-order valence-corrected chi connectivity index (χ0v) is 14.3. The standard InChI is InChI=1S/C17H20F3N5O/c1-24-16(26)8-7-15(23-24)25-9-3-2-4-13(25)11-22-14-6-5-12(10-21-14)17(18,19)20/h5-8,10,13H,2-4,9,11H2,1H3,(H,21,22). The van der Waals surface area contributed by atoms with Crippen molar-refractivity contribution in [1.82, 2.24) is 14.8 Å². The molecule has 2 aromatic heterocycles. The SMILES string of the molecule is Cn1nc(N2CCCCC2CNc2ccc(C(F)(F)F)cn2)ccc1=O. The highest BCUT2D eigenvalue weighted by Gasteiger charge is 2.30. The molecule has 1 unspecified atom stereocenters. The van der Waals surface area contributed by atoms with Crippen LogP contribution in [0.2, 0.25) is 0 Å². The predicted molar refractivity (Wildman–Crippen MR) is 92.2 cm³/mol. The number of pyridine rings is 1. The molecule has 2 aromatic rings. The van der Waals surface area contributed by atoms with Crippen molar-refractivity contribution in [2.45, 2.75) is 31.5 Å². The summed E-state index contributed by atoms with van der Waals surface area (Å²) in [6, 6.07) is 5.66. The van der Waals surface area contributed by atoms with Crippen molar-refractivity contribution in [3.05, 3.63) is 46.4 Å². The maximum absolute atomic E-state index is 12.6. The Bertz CT molecular complexity index is 803. The van der Waals surface area contributed by atoms with Gasteiger partial charge in [-0.05, 0) is 37.5 Å². The molecule has 26 heavy (non-hydrogen) atoms. The van der Waals surface area contributed by atoms with E-state index in [1.165, 1.54) is 16.8 Å². The minimum Gasteiger partial charge on any atom is -0.368 e. The molecule has 1 N–H and O–H groups in total. The van der Waals surface area contributed by atoms with Crippen LogP contribution in [0, 0.1) is 0 Å². The van der Waals surface area contributed by atoms with Gasteiger partial charge in [0.2, 0.25) is 0 Å². The molecule has 0 aliphatic carbocycles. The van der Waals surface area contributed by atoms with Gasteiger partial charge in [0.05, 0.1) is 5.56 Å². The first-order chi connectivity index (χ1) is 12.3. The average Bonchev–Trinajstić information content (AvgIpc) is 2.62. The summed E-state index contributed by atoms with van der Waals surface area (Å²) in [5, 5.41) is 7.40. The number of hydrogen-bond acceptors (Lipinski definition) is 5. The van der Waals surface area contributed by atoms with E-state index in [0.29, 0.717) is 12.4 Å². The van der Waals surface area contributed by atoms with E-state index in [2.05, 4.69) is 20.3 Å². The first kappa shape index (κ1) is 18.2. The molecule has 1 aliphatic rings. The Hall–Kier alpha value is -2.58. The first-order valence-electron chi connectivity index (χ1n) is 8.43. The molecular formula is C17H20F3N5O. The van der Waals surface area contributed by atoms with Gasteiger partial charge in [0.1, 0.15) is 11.6 Å². The van der Waals surface area contributed by atoms with Gasteiger partial charge < -0.3 is 10.2 Å². The van der Waals surface area contributed by atoms with E-state index in [-0.39, 0.29) is 11.6 Å². The van der Waals surface area contributed by atoms with Crippen molar-refractivity contribution in [3.63, 3.8) is 0 Å². The smallest absolute Gasteiger partial charge is 0.368 e. The number of hydrogen-bond donors (Lipinski definition) is 1. The number of alkyl halides is 3. The van der Waals surface area contributed by atoms with E-state index >= 15 is 0 Å². The number of piperidine rings is 1. The number of nitrogens with one attached hydrogen (secondary N) is 1. The second-order valence-electron chi connectivity index (χ2n) is 6.31. The Labute approximate surface area is 148 Å². The summed E-state index contributed by atoms with van der Waals surface area (Å²) in [5.74, 6) is 1.12. The van der Waals surface area contributed by atoms with Gasteiger partial charge in [0.25, 0.3) is 5.56 Å². The Morgan fingerprint density at radius 1 is 1.23 bits per heavy atom. The zero-order chi connectivity index (χ0) is 18.7. The van der Waals surface area contributed by atoms with E-state index in [9.17, 15) is 18.0 Å². The minimum absolute atomic E-state index is 0.123. The van der Waals surface area contributed by atoms with Gasteiger partial charge in [-0.1, -0.05) is 0 Å². The normalized spacial score (nSPS) is 18.0. The van der Waals surface area contributed by atoms with Crippen molar-refractivity contribution in [2.75, 3.05) is 23.3 Å². The molecule has 0 saturated carbocycles. The van der Waals surface area contributed by atoms with E-state index in [1.54, 1.807) is 13.1 Å². The Kier molecular flexibility index (Phi) is 5.15. The van der Waals surface area contributed by atoms with E-state index in [4.69, 9.17) is 0 Å². The van der Waals surface area contributed by atoms with Crippen LogP contribution in [0.3, 0.4) is 0 Å². The average molecular weight is 367 g/mol. The molecule has 0 bridgehead atoms. The van der Waals surface area contributed by atoms with Crippen molar-refractivity contribution in [2.24, 2.45) is 7.05 Å². The molecule has 3 heterocycles. The second kappa shape index (κ2) is 7.35. The third-order valence-electron chi connectivity index (χ3n) is 4.48. The number of rotatable bonds is 4. The van der Waals surface area contributed by atoms with Crippen molar-refractivity contribution in [1.29, 1.82) is 0 Å². The number of nitrogens with zero attached hydrogens (tertiary/aromatic N) is 4. The lowest BCUT2D eigenvalue weighted by Gasteiger charge is -2.36. The van der Waals surface area contributed by atoms with Crippen LogP contribution in [-0.2, 0) is 13.2 Å². The van der Waals surface area contributed by atoms with Gasteiger partial charge in [0, 0.05) is 38.4 Å². The molecule has 1 aliphatic heterocycles. The minimum atomic E-state index is -4.39. The lowest BCUT2D eigenvalue weighted by Crippen LogP contribution is -2.45. The summed E-state index contributed by atoms with van der Waals surface area (Å²) in [5.41, 5.74) is -0.939. The molecule has 0 spiro atoms. The summed E-state index contributed by atoms with van der Waals surface area (Å²) >= 11 is 0. The first-order valence-corrected chi connectivity index (χ1v) is 8.43. The third-order valence-corrected chi connectivity index (χ3v) is 4.48. The number of aryl methyl sites for hydroxylation is 1. The molecule has 1 saturated heterocycles. The maximum Gasteiger partial charge on any atom is 0.417 e. The monoisotopic (exact) mass is 367 g/mol. The van der Waals surface area contributed by atoms with E-state index in [1.807, 2.05) is 0 Å². The Balaban J connectivity index is 1.69. The van der Waals surface area contributed by atoms with Crippen LogP contribution in [0.5, 0.6) is 0 Å². The molecule has 0 radical (unpaired) electrons. The van der Waals surface area contributed by atoms with Crippen LogP contribution in [0.25, 0.3) is 0 Å². The molecule has 0 aromatic carbocycles. The van der Waals surface area contributed by atoms with Gasteiger partial charge >= 0.3 is 6.18 Å². The summed E-state index contributed by atoms with van der Waals surface area (Å²) in [6.07, 6.45) is -0.539. The van der Waals surface area contributed by atoms with Gasteiger partial charge in [-0.25, -0.2) is 9.67 Å². The fourth-order valence-corrected chi connectivity index (χ4v) is 3.05. The molecule has 1 fully saturated rings. The fraction of sp³-hybridized carbons (Fsp3) is 0.471. The van der Waals surface area contributed by atoms with Gasteiger partial charge in [-0.15, -0.1) is 0 Å². The third kappa shape index (κ3) is 4.14. The van der Waals surface area contributed by atoms with Gasteiger partial charge in [0.15, 0.2) is 0 Å². The lowest BCUT2D eigenvalue weighted by molar-refractivity contribution is -0.137. The number of anilines is 2. The van der Waals surface area contributed by atoms with Gasteiger partial charge in [-0.3, -0.25) is 4.79 Å². The van der Waals surface area contributed by atoms with Crippen molar-refractivity contribution >= 4 is 11.6 Å². The molecule has 140 valence electrons. The van der Waals surface area contributed by atoms with E-state index in [0.717, 1.165) is 43.9 Å². The maximum atomic E-state index is 12.6. The zero-order valence-electron chi connectivity index (χ0n) is 14.3. The molecule has 6 nitrogen and oxygen atoms in total. The molecular weight excluding hydrogens is 347 g/mol. The lowest BCUT2D eigenvalue weighted by atomic mass is 10.0. The molecule has 3 rings (SSSR count). The second-order valence-corrected chi connectivity index (χ2v) is 6.31. The fourth-order valence-electron chi connectivity index (χ4n) is 3.05. The van der Waals surface area contributed by atoms with Crippen molar-refractivity contribution < 1.29 is 13.2 Å². The highest BCUT2D eigenvalue weighted by molar-refractivity contribution is 5.41. The van der Waals surface area contributed by atoms with Crippen molar-refractivity contribution in [3.8, 4) is 0 Å². The molecule has 0 amide bonds.